The van der Waals surface area contributed by atoms with Gasteiger partial charge in [-0.2, -0.15) is 5.26 Å². The van der Waals surface area contributed by atoms with Gasteiger partial charge in [0.1, 0.15) is 6.07 Å². The van der Waals surface area contributed by atoms with Gasteiger partial charge in [0, 0.05) is 17.5 Å². The fraction of sp³-hybridized carbons (Fsp3) is 0.273. The van der Waals surface area contributed by atoms with Crippen molar-refractivity contribution < 1.29 is 4.42 Å². The van der Waals surface area contributed by atoms with Crippen LogP contribution in [-0.4, -0.2) is 15.2 Å². The molecule has 2 aromatic rings. The second-order valence-electron chi connectivity index (χ2n) is 3.52. The summed E-state index contributed by atoms with van der Waals surface area (Å²) in [5.74, 6) is 0.508. The van der Waals surface area contributed by atoms with Crippen molar-refractivity contribution in [3.8, 4) is 6.07 Å². The largest absolute Gasteiger partial charge is 0.416 e. The van der Waals surface area contributed by atoms with Gasteiger partial charge in [-0.1, -0.05) is 0 Å². The number of aryl methyl sites for hydroxylation is 3. The van der Waals surface area contributed by atoms with Crippen molar-refractivity contribution in [1.29, 1.82) is 5.26 Å². The molecular weight excluding hydrogens is 236 g/mol. The molecule has 0 aromatic carbocycles. The Bertz CT molecular complexity index is 600. The summed E-state index contributed by atoms with van der Waals surface area (Å²) in [7, 11) is 0. The molecule has 0 aliphatic rings. The van der Waals surface area contributed by atoms with Crippen LogP contribution in [0.4, 0.5) is 0 Å². The van der Waals surface area contributed by atoms with Crippen LogP contribution in [0.1, 0.15) is 22.8 Å². The van der Waals surface area contributed by atoms with E-state index in [0.717, 1.165) is 10.6 Å². The second kappa shape index (κ2) is 4.55. The lowest BCUT2D eigenvalue weighted by molar-refractivity contribution is 0.429. The van der Waals surface area contributed by atoms with Crippen LogP contribution < -0.4 is 0 Å². The van der Waals surface area contributed by atoms with Crippen molar-refractivity contribution in [2.45, 2.75) is 30.9 Å². The summed E-state index contributed by atoms with van der Waals surface area (Å²) in [4.78, 5) is 5.04. The molecule has 0 unspecified atom stereocenters. The fourth-order valence-electron chi connectivity index (χ4n) is 1.42. The first-order valence-corrected chi connectivity index (χ1v) is 5.78. The predicted octanol–water partition coefficient (Wildman–Crippen LogP) is 2.41. The third kappa shape index (κ3) is 2.45. The first-order valence-electron chi connectivity index (χ1n) is 4.96. The maximum atomic E-state index is 9.10. The molecule has 0 aliphatic heterocycles. The highest BCUT2D eigenvalue weighted by molar-refractivity contribution is 7.99. The minimum atomic E-state index is 0.434. The van der Waals surface area contributed by atoms with Gasteiger partial charge in [0.2, 0.25) is 5.89 Å². The van der Waals surface area contributed by atoms with Crippen molar-refractivity contribution in [3.05, 3.63) is 28.9 Å². The molecule has 2 aromatic heterocycles. The minimum Gasteiger partial charge on any atom is -0.416 e. The zero-order valence-electron chi connectivity index (χ0n) is 9.68. The van der Waals surface area contributed by atoms with E-state index >= 15 is 0 Å². The van der Waals surface area contributed by atoms with E-state index < -0.39 is 0 Å². The van der Waals surface area contributed by atoms with E-state index in [1.165, 1.54) is 11.8 Å². The monoisotopic (exact) mass is 246 g/mol. The van der Waals surface area contributed by atoms with Gasteiger partial charge in [-0.3, -0.25) is 4.98 Å². The Morgan fingerprint density at radius 2 is 2.06 bits per heavy atom. The van der Waals surface area contributed by atoms with E-state index in [2.05, 4.69) is 21.3 Å². The van der Waals surface area contributed by atoms with Gasteiger partial charge in [0.05, 0.1) is 11.3 Å². The van der Waals surface area contributed by atoms with Crippen LogP contribution in [0.25, 0.3) is 0 Å². The van der Waals surface area contributed by atoms with E-state index in [4.69, 9.17) is 9.68 Å². The highest BCUT2D eigenvalue weighted by atomic mass is 32.2. The van der Waals surface area contributed by atoms with Gasteiger partial charge in [-0.25, -0.2) is 0 Å². The van der Waals surface area contributed by atoms with E-state index in [0.29, 0.717) is 22.4 Å². The molecule has 5 nitrogen and oxygen atoms in total. The molecule has 2 rings (SSSR count). The van der Waals surface area contributed by atoms with E-state index in [-0.39, 0.29) is 0 Å². The third-order valence-electron chi connectivity index (χ3n) is 2.11. The van der Waals surface area contributed by atoms with Crippen molar-refractivity contribution in [2.24, 2.45) is 0 Å². The van der Waals surface area contributed by atoms with Crippen LogP contribution >= 0.6 is 11.8 Å². The molecule has 0 saturated carbocycles. The fourth-order valence-corrected chi connectivity index (χ4v) is 2.38. The topological polar surface area (TPSA) is 75.6 Å². The molecule has 17 heavy (non-hydrogen) atoms. The van der Waals surface area contributed by atoms with Crippen molar-refractivity contribution in [3.63, 3.8) is 0 Å². The van der Waals surface area contributed by atoms with Crippen LogP contribution in [0, 0.1) is 32.1 Å². The van der Waals surface area contributed by atoms with Gasteiger partial charge in [0.15, 0.2) is 0 Å². The molecule has 0 amide bonds. The lowest BCUT2D eigenvalue weighted by atomic mass is 10.2. The Balaban J connectivity index is 2.42. The van der Waals surface area contributed by atoms with E-state index in [1.807, 2.05) is 19.9 Å². The minimum absolute atomic E-state index is 0.434. The SMILES string of the molecule is Cc1cc(Sc2nnc(C)o2)c(C#N)c(C)n1. The molecule has 0 fully saturated rings. The van der Waals surface area contributed by atoms with Crippen LogP contribution in [-0.2, 0) is 0 Å². The number of pyridine rings is 1. The maximum absolute atomic E-state index is 9.10. The Kier molecular flexibility index (Phi) is 3.11. The summed E-state index contributed by atoms with van der Waals surface area (Å²) in [6.45, 7) is 5.43. The molecule has 0 N–H and O–H groups in total. The average Bonchev–Trinajstić information content (AvgIpc) is 2.63. The molecule has 0 spiro atoms. The Morgan fingerprint density at radius 3 is 2.65 bits per heavy atom. The number of aromatic nitrogens is 3. The Labute approximate surface area is 103 Å². The third-order valence-corrected chi connectivity index (χ3v) is 2.99. The maximum Gasteiger partial charge on any atom is 0.281 e. The van der Waals surface area contributed by atoms with Crippen molar-refractivity contribution >= 4 is 11.8 Å². The number of hydrogen-bond donors (Lipinski definition) is 0. The summed E-state index contributed by atoms with van der Waals surface area (Å²) in [6.07, 6.45) is 0. The molecule has 6 heteroatoms. The van der Waals surface area contributed by atoms with Gasteiger partial charge in [-0.15, -0.1) is 10.2 Å². The van der Waals surface area contributed by atoms with Crippen LogP contribution in [0.5, 0.6) is 0 Å². The lowest BCUT2D eigenvalue weighted by Gasteiger charge is -2.04. The van der Waals surface area contributed by atoms with Gasteiger partial charge in [-0.05, 0) is 31.7 Å². The molecule has 0 aliphatic carbocycles. The molecule has 86 valence electrons. The molecule has 0 atom stereocenters. The number of nitriles is 1. The van der Waals surface area contributed by atoms with E-state index in [1.54, 1.807) is 6.92 Å². The summed E-state index contributed by atoms with van der Waals surface area (Å²) >= 11 is 1.29. The molecule has 0 bridgehead atoms. The summed E-state index contributed by atoms with van der Waals surface area (Å²) in [5, 5.41) is 17.2. The highest BCUT2D eigenvalue weighted by Gasteiger charge is 2.12. The smallest absolute Gasteiger partial charge is 0.281 e. The van der Waals surface area contributed by atoms with E-state index in [9.17, 15) is 0 Å². The molecule has 2 heterocycles. The highest BCUT2D eigenvalue weighted by Crippen LogP contribution is 2.30. The number of hydrogen-bond acceptors (Lipinski definition) is 6. The first kappa shape index (κ1) is 11.6. The Morgan fingerprint density at radius 1 is 1.29 bits per heavy atom. The summed E-state index contributed by atoms with van der Waals surface area (Å²) < 4.78 is 5.28. The molecule has 0 radical (unpaired) electrons. The molecule has 0 saturated heterocycles. The second-order valence-corrected chi connectivity index (χ2v) is 4.52. The average molecular weight is 246 g/mol. The summed E-state index contributed by atoms with van der Waals surface area (Å²) in [6, 6.07) is 3.99. The van der Waals surface area contributed by atoms with Crippen LogP contribution in [0.2, 0.25) is 0 Å². The number of rotatable bonds is 2. The standard InChI is InChI=1S/C11H10N4OS/c1-6-4-10(9(5-12)7(2)13-6)17-11-15-14-8(3)16-11/h4H,1-3H3. The van der Waals surface area contributed by atoms with Crippen LogP contribution in [0.3, 0.4) is 0 Å². The lowest BCUT2D eigenvalue weighted by Crippen LogP contribution is -1.94. The van der Waals surface area contributed by atoms with Gasteiger partial charge in [0.25, 0.3) is 5.22 Å². The first-order chi connectivity index (χ1) is 8.10. The quantitative estimate of drug-likeness (QED) is 0.810. The van der Waals surface area contributed by atoms with Gasteiger partial charge >= 0.3 is 0 Å². The Hall–Kier alpha value is -1.87. The molecular formula is C11H10N4OS. The van der Waals surface area contributed by atoms with Crippen LogP contribution in [0.15, 0.2) is 20.6 Å². The summed E-state index contributed by atoms with van der Waals surface area (Å²) in [5.41, 5.74) is 2.13. The normalized spacial score (nSPS) is 10.2. The zero-order valence-corrected chi connectivity index (χ0v) is 10.5. The van der Waals surface area contributed by atoms with Crippen molar-refractivity contribution in [2.75, 3.05) is 0 Å². The zero-order chi connectivity index (χ0) is 12.4. The number of nitrogens with zero attached hydrogens (tertiary/aromatic N) is 4. The predicted molar refractivity (Wildman–Crippen MR) is 61.6 cm³/mol. The van der Waals surface area contributed by atoms with Crippen molar-refractivity contribution in [1.82, 2.24) is 15.2 Å². The van der Waals surface area contributed by atoms with Gasteiger partial charge < -0.3 is 4.42 Å².